The second-order valence-corrected chi connectivity index (χ2v) is 5.69. The molecule has 2 aromatic rings. The van der Waals surface area contributed by atoms with Crippen molar-refractivity contribution >= 4 is 16.9 Å². The Balaban J connectivity index is 2.19. The van der Waals surface area contributed by atoms with Crippen molar-refractivity contribution in [3.63, 3.8) is 0 Å². The highest BCUT2D eigenvalue weighted by Gasteiger charge is 2.22. The van der Waals surface area contributed by atoms with Gasteiger partial charge in [-0.15, -0.1) is 0 Å². The van der Waals surface area contributed by atoms with Gasteiger partial charge in [0, 0.05) is 24.0 Å². The Labute approximate surface area is 118 Å². The van der Waals surface area contributed by atoms with Gasteiger partial charge in [-0.3, -0.25) is 0 Å². The fraction of sp³-hybridized carbons (Fsp3) is 0.412. The van der Waals surface area contributed by atoms with Crippen LogP contribution < -0.4 is 10.1 Å². The number of rotatable bonds is 3. The lowest BCUT2D eigenvalue weighted by Crippen LogP contribution is -2.25. The second-order valence-electron chi connectivity index (χ2n) is 5.69. The summed E-state index contributed by atoms with van der Waals surface area (Å²) in [5, 5.41) is 12.0. The number of aliphatic carboxylic acids is 1. The number of nitrogens with one attached hydrogen (secondary N) is 1. The molecule has 104 valence electrons. The van der Waals surface area contributed by atoms with E-state index < -0.39 is 5.97 Å². The van der Waals surface area contributed by atoms with E-state index in [9.17, 15) is 9.90 Å². The van der Waals surface area contributed by atoms with E-state index in [1.807, 2.05) is 0 Å². The van der Waals surface area contributed by atoms with Crippen LogP contribution in [0.15, 0.2) is 18.2 Å². The van der Waals surface area contributed by atoms with E-state index in [0.29, 0.717) is 6.42 Å². The Kier molecular flexibility index (Phi) is 3.43. The molecule has 0 radical (unpaired) electrons. The molecule has 3 nitrogen and oxygen atoms in total. The van der Waals surface area contributed by atoms with E-state index in [1.165, 1.54) is 40.6 Å². The first kappa shape index (κ1) is 13.1. The lowest BCUT2D eigenvalue weighted by molar-refractivity contribution is -0.359. The highest BCUT2D eigenvalue weighted by molar-refractivity contribution is 5.82. The molecule has 3 heteroatoms. The summed E-state index contributed by atoms with van der Waals surface area (Å²) in [5.74, 6) is -0.969. The Bertz CT molecular complexity index is 676. The number of fused-ring (bicyclic) bond motifs is 2. The number of carboxylic acids is 1. The van der Waals surface area contributed by atoms with E-state index >= 15 is 0 Å². The maximum absolute atomic E-state index is 10.8. The molecule has 0 fully saturated rings. The van der Waals surface area contributed by atoms with Crippen LogP contribution in [0.25, 0.3) is 10.9 Å². The molecule has 1 aliphatic carbocycles. The molecule has 3 rings (SSSR count). The first-order valence-electron chi connectivity index (χ1n) is 7.31. The number of H-pyrrole nitrogens is 1. The Hall–Kier alpha value is -1.90. The van der Waals surface area contributed by atoms with Crippen LogP contribution in [0.3, 0.4) is 0 Å². The van der Waals surface area contributed by atoms with Gasteiger partial charge in [0.25, 0.3) is 0 Å². The molecule has 0 atom stereocenters. The molecule has 1 heterocycles. The van der Waals surface area contributed by atoms with Crippen LogP contribution in [-0.2, 0) is 24.1 Å². The fourth-order valence-corrected chi connectivity index (χ4v) is 3.23. The van der Waals surface area contributed by atoms with E-state index in [-0.39, 0.29) is 6.42 Å². The van der Waals surface area contributed by atoms with Crippen LogP contribution in [-0.4, -0.2) is 5.97 Å². The molecule has 0 spiro atoms. The zero-order valence-corrected chi connectivity index (χ0v) is 11.8. The number of hydrogen-bond acceptors (Lipinski definition) is 2. The minimum Gasteiger partial charge on any atom is -0.550 e. The topological polar surface area (TPSA) is 54.3 Å². The van der Waals surface area contributed by atoms with Crippen molar-refractivity contribution in [2.75, 3.05) is 0 Å². The lowest BCUT2D eigenvalue weighted by atomic mass is 9.87. The lowest BCUT2D eigenvalue weighted by Gasteiger charge is -2.17. The number of aromatic amines is 1. The third-order valence-electron chi connectivity index (χ3n) is 4.20. The van der Waals surface area contributed by atoms with Gasteiger partial charge in [-0.05, 0) is 50.7 Å². The molecular formula is C17H19NO2. The van der Waals surface area contributed by atoms with Gasteiger partial charge in [-0.1, -0.05) is 11.6 Å². The fourth-order valence-electron chi connectivity index (χ4n) is 3.23. The van der Waals surface area contributed by atoms with E-state index in [2.05, 4.69) is 30.1 Å². The minimum absolute atomic E-state index is 0.0967. The average Bonchev–Trinajstić information content (AvgIpc) is 2.43. The SMILES string of the molecule is Cc1ccc2[nH+]c3c(c(CCC(=O)[O-])c2c1)CCCC3. The van der Waals surface area contributed by atoms with Crippen LogP contribution in [0.5, 0.6) is 0 Å². The number of pyridine rings is 1. The van der Waals surface area contributed by atoms with E-state index in [1.54, 1.807) is 0 Å². The molecule has 1 aromatic carbocycles. The van der Waals surface area contributed by atoms with Crippen LogP contribution in [0, 0.1) is 6.92 Å². The van der Waals surface area contributed by atoms with Crippen molar-refractivity contribution in [2.45, 2.75) is 45.4 Å². The standard InChI is InChI=1S/C17H19NO2/c1-11-6-8-16-14(10-11)12(7-9-17(19)20)13-4-2-3-5-15(13)18-16/h6,8,10H,2-5,7,9H2,1H3,(H,19,20). The number of benzene rings is 1. The summed E-state index contributed by atoms with van der Waals surface area (Å²) in [6, 6.07) is 6.35. The third kappa shape index (κ3) is 2.40. The van der Waals surface area contributed by atoms with Crippen LogP contribution in [0.2, 0.25) is 0 Å². The van der Waals surface area contributed by atoms with Crippen LogP contribution in [0.4, 0.5) is 0 Å². The van der Waals surface area contributed by atoms with Gasteiger partial charge in [0.1, 0.15) is 0 Å². The van der Waals surface area contributed by atoms with Crippen molar-refractivity contribution in [3.8, 4) is 0 Å². The molecule has 0 saturated carbocycles. The molecule has 0 saturated heterocycles. The zero-order valence-electron chi connectivity index (χ0n) is 11.8. The predicted molar refractivity (Wildman–Crippen MR) is 75.2 cm³/mol. The highest BCUT2D eigenvalue weighted by atomic mass is 16.4. The van der Waals surface area contributed by atoms with Crippen molar-refractivity contribution < 1.29 is 14.9 Å². The van der Waals surface area contributed by atoms with Gasteiger partial charge in [-0.25, -0.2) is 4.98 Å². The van der Waals surface area contributed by atoms with Gasteiger partial charge >= 0.3 is 0 Å². The summed E-state index contributed by atoms with van der Waals surface area (Å²) in [4.78, 5) is 14.4. The van der Waals surface area contributed by atoms with Crippen LogP contribution in [0.1, 0.15) is 41.6 Å². The van der Waals surface area contributed by atoms with Crippen molar-refractivity contribution in [3.05, 3.63) is 40.6 Å². The van der Waals surface area contributed by atoms with Gasteiger partial charge in [0.15, 0.2) is 5.69 Å². The molecule has 1 aromatic heterocycles. The molecule has 20 heavy (non-hydrogen) atoms. The molecular weight excluding hydrogens is 250 g/mol. The second kappa shape index (κ2) is 5.23. The average molecular weight is 269 g/mol. The molecule has 1 aliphatic rings. The number of carbonyl (C=O) groups excluding carboxylic acids is 1. The number of aryl methyl sites for hydroxylation is 3. The van der Waals surface area contributed by atoms with Gasteiger partial charge in [0.05, 0.1) is 5.39 Å². The van der Waals surface area contributed by atoms with Crippen molar-refractivity contribution in [1.29, 1.82) is 0 Å². The first-order chi connectivity index (χ1) is 9.65. The Morgan fingerprint density at radius 3 is 2.90 bits per heavy atom. The normalized spacial score (nSPS) is 14.2. The molecule has 0 aliphatic heterocycles. The summed E-state index contributed by atoms with van der Waals surface area (Å²) in [7, 11) is 0. The van der Waals surface area contributed by atoms with Gasteiger partial charge in [-0.2, -0.15) is 0 Å². The Morgan fingerprint density at radius 2 is 2.10 bits per heavy atom. The largest absolute Gasteiger partial charge is 0.550 e. The smallest absolute Gasteiger partial charge is 0.211 e. The van der Waals surface area contributed by atoms with Gasteiger partial charge < -0.3 is 9.90 Å². The molecule has 1 N–H and O–H groups in total. The molecule has 0 unspecified atom stereocenters. The number of carboxylic acid groups (broad SMARTS) is 1. The minimum atomic E-state index is -0.969. The first-order valence-corrected chi connectivity index (χ1v) is 7.31. The van der Waals surface area contributed by atoms with E-state index in [4.69, 9.17) is 0 Å². The number of aromatic nitrogens is 1. The predicted octanol–water partition coefficient (Wildman–Crippen LogP) is 1.52. The zero-order chi connectivity index (χ0) is 14.1. The third-order valence-corrected chi connectivity index (χ3v) is 4.20. The summed E-state index contributed by atoms with van der Waals surface area (Å²) in [6.07, 6.45) is 5.19. The summed E-state index contributed by atoms with van der Waals surface area (Å²) >= 11 is 0. The van der Waals surface area contributed by atoms with Crippen molar-refractivity contribution in [1.82, 2.24) is 0 Å². The molecule has 0 amide bonds. The maximum atomic E-state index is 10.8. The highest BCUT2D eigenvalue weighted by Crippen LogP contribution is 2.28. The van der Waals surface area contributed by atoms with Crippen molar-refractivity contribution in [2.24, 2.45) is 0 Å². The monoisotopic (exact) mass is 269 g/mol. The van der Waals surface area contributed by atoms with E-state index in [0.717, 1.165) is 18.4 Å². The summed E-state index contributed by atoms with van der Waals surface area (Å²) < 4.78 is 0. The van der Waals surface area contributed by atoms with Crippen LogP contribution >= 0.6 is 0 Å². The van der Waals surface area contributed by atoms with Gasteiger partial charge in [0.2, 0.25) is 5.52 Å². The number of hydrogen-bond donors (Lipinski definition) is 0. The quantitative estimate of drug-likeness (QED) is 0.848. The molecule has 0 bridgehead atoms. The summed E-state index contributed by atoms with van der Waals surface area (Å²) in [5.41, 5.74) is 6.17. The number of carbonyl (C=O) groups is 1. The maximum Gasteiger partial charge on any atom is 0.211 e. The Morgan fingerprint density at radius 1 is 1.30 bits per heavy atom. The summed E-state index contributed by atoms with van der Waals surface area (Å²) in [6.45, 7) is 2.07.